The maximum Gasteiger partial charge on any atom is 0.0278 e. The molecule has 1 aliphatic carbocycles. The van der Waals surface area contributed by atoms with E-state index >= 15 is 0 Å². The van der Waals surface area contributed by atoms with E-state index in [-0.39, 0.29) is 0 Å². The van der Waals surface area contributed by atoms with Gasteiger partial charge in [-0.3, -0.25) is 4.90 Å². The summed E-state index contributed by atoms with van der Waals surface area (Å²) in [6.45, 7) is 9.33. The minimum atomic E-state index is 0.328. The van der Waals surface area contributed by atoms with Crippen LogP contribution in [-0.2, 0) is 0 Å². The largest absolute Gasteiger partial charge is 0.309 e. The van der Waals surface area contributed by atoms with Crippen molar-refractivity contribution in [1.29, 1.82) is 0 Å². The van der Waals surface area contributed by atoms with Gasteiger partial charge in [-0.25, -0.2) is 0 Å². The van der Waals surface area contributed by atoms with Crippen molar-refractivity contribution in [3.05, 3.63) is 12.2 Å². The molecule has 15 heavy (non-hydrogen) atoms. The zero-order chi connectivity index (χ0) is 10.9. The van der Waals surface area contributed by atoms with Crippen LogP contribution in [0.4, 0.5) is 0 Å². The summed E-state index contributed by atoms with van der Waals surface area (Å²) < 4.78 is 0. The van der Waals surface area contributed by atoms with Gasteiger partial charge in [-0.15, -0.1) is 0 Å². The van der Waals surface area contributed by atoms with Crippen LogP contribution in [0.3, 0.4) is 0 Å². The van der Waals surface area contributed by atoms with E-state index in [9.17, 15) is 0 Å². The molecule has 1 heterocycles. The zero-order valence-corrected chi connectivity index (χ0v) is 10.3. The lowest BCUT2D eigenvalue weighted by atomic mass is 9.92. The number of hydrogen-bond acceptors (Lipinski definition) is 2. The molecular weight excluding hydrogens is 184 g/mol. The van der Waals surface area contributed by atoms with Crippen LogP contribution in [0, 0.1) is 0 Å². The molecule has 0 amide bonds. The topological polar surface area (TPSA) is 15.3 Å². The second kappa shape index (κ2) is 4.26. The smallest absolute Gasteiger partial charge is 0.0278 e. The molecule has 1 N–H and O–H groups in total. The van der Waals surface area contributed by atoms with Crippen LogP contribution in [0.1, 0.15) is 40.0 Å². The van der Waals surface area contributed by atoms with Crippen molar-refractivity contribution < 1.29 is 0 Å². The molecule has 2 atom stereocenters. The molecule has 2 aliphatic rings. The van der Waals surface area contributed by atoms with Crippen LogP contribution in [0.15, 0.2) is 12.2 Å². The van der Waals surface area contributed by atoms with Crippen molar-refractivity contribution >= 4 is 0 Å². The van der Waals surface area contributed by atoms with E-state index in [1.165, 1.54) is 25.8 Å². The van der Waals surface area contributed by atoms with Crippen molar-refractivity contribution in [2.75, 3.05) is 13.1 Å². The monoisotopic (exact) mass is 208 g/mol. The minimum Gasteiger partial charge on any atom is -0.309 e. The van der Waals surface area contributed by atoms with Gasteiger partial charge < -0.3 is 5.32 Å². The van der Waals surface area contributed by atoms with E-state index in [1.807, 2.05) is 0 Å². The van der Waals surface area contributed by atoms with Crippen LogP contribution < -0.4 is 5.32 Å². The summed E-state index contributed by atoms with van der Waals surface area (Å²) in [5.74, 6) is 0. The van der Waals surface area contributed by atoms with Gasteiger partial charge in [-0.1, -0.05) is 19.1 Å². The van der Waals surface area contributed by atoms with Crippen molar-refractivity contribution in [2.45, 2.75) is 57.7 Å². The normalized spacial score (nSPS) is 38.7. The Morgan fingerprint density at radius 3 is 2.67 bits per heavy atom. The highest BCUT2D eigenvalue weighted by atomic mass is 15.3. The Morgan fingerprint density at radius 1 is 1.40 bits per heavy atom. The first-order valence-electron chi connectivity index (χ1n) is 6.30. The fourth-order valence-electron chi connectivity index (χ4n) is 2.73. The third-order valence-corrected chi connectivity index (χ3v) is 4.15. The maximum absolute atomic E-state index is 3.69. The van der Waals surface area contributed by atoms with E-state index in [0.717, 1.165) is 12.6 Å². The lowest BCUT2D eigenvalue weighted by Gasteiger charge is -2.47. The quantitative estimate of drug-likeness (QED) is 0.700. The highest BCUT2D eigenvalue weighted by Crippen LogP contribution is 2.26. The molecule has 0 bridgehead atoms. The zero-order valence-electron chi connectivity index (χ0n) is 10.3. The lowest BCUT2D eigenvalue weighted by Crippen LogP contribution is -2.63. The molecule has 0 aromatic heterocycles. The van der Waals surface area contributed by atoms with Gasteiger partial charge in [-0.2, -0.15) is 0 Å². The van der Waals surface area contributed by atoms with Gasteiger partial charge in [0.05, 0.1) is 0 Å². The van der Waals surface area contributed by atoms with Gasteiger partial charge >= 0.3 is 0 Å². The molecular formula is C13H24N2. The molecule has 0 saturated carbocycles. The summed E-state index contributed by atoms with van der Waals surface area (Å²) in [6.07, 6.45) is 8.40. The molecule has 1 saturated heterocycles. The van der Waals surface area contributed by atoms with E-state index in [2.05, 4.69) is 43.1 Å². The van der Waals surface area contributed by atoms with Gasteiger partial charge in [0, 0.05) is 30.7 Å². The molecule has 2 rings (SSSR count). The van der Waals surface area contributed by atoms with Gasteiger partial charge in [0.25, 0.3) is 0 Å². The first kappa shape index (κ1) is 11.2. The SMILES string of the molecule is CCC1(C)CN(C2CC=CC2)C(C)CN1. The van der Waals surface area contributed by atoms with Crippen LogP contribution in [0.25, 0.3) is 0 Å². The summed E-state index contributed by atoms with van der Waals surface area (Å²) in [7, 11) is 0. The minimum absolute atomic E-state index is 0.328. The third kappa shape index (κ3) is 2.26. The average molecular weight is 208 g/mol. The Bertz CT molecular complexity index is 241. The van der Waals surface area contributed by atoms with Gasteiger partial charge in [0.1, 0.15) is 0 Å². The molecule has 0 aromatic rings. The Balaban J connectivity index is 2.02. The van der Waals surface area contributed by atoms with Crippen molar-refractivity contribution in [2.24, 2.45) is 0 Å². The first-order valence-corrected chi connectivity index (χ1v) is 6.30. The van der Waals surface area contributed by atoms with Crippen molar-refractivity contribution in [3.8, 4) is 0 Å². The Morgan fingerprint density at radius 2 is 2.07 bits per heavy atom. The van der Waals surface area contributed by atoms with Crippen LogP contribution >= 0.6 is 0 Å². The molecule has 2 heteroatoms. The Hall–Kier alpha value is -0.340. The van der Waals surface area contributed by atoms with Crippen molar-refractivity contribution in [1.82, 2.24) is 10.2 Å². The highest BCUT2D eigenvalue weighted by molar-refractivity contribution is 5.03. The van der Waals surface area contributed by atoms with Gasteiger partial charge in [0.15, 0.2) is 0 Å². The van der Waals surface area contributed by atoms with E-state index in [0.29, 0.717) is 11.6 Å². The maximum atomic E-state index is 3.69. The number of nitrogens with zero attached hydrogens (tertiary/aromatic N) is 1. The van der Waals surface area contributed by atoms with Crippen LogP contribution in [0.2, 0.25) is 0 Å². The summed E-state index contributed by atoms with van der Waals surface area (Å²) in [5, 5.41) is 3.69. The predicted octanol–water partition coefficient (Wildman–Crippen LogP) is 2.17. The highest BCUT2D eigenvalue weighted by Gasteiger charge is 2.35. The summed E-state index contributed by atoms with van der Waals surface area (Å²) >= 11 is 0. The van der Waals surface area contributed by atoms with E-state index < -0.39 is 0 Å². The summed E-state index contributed by atoms with van der Waals surface area (Å²) in [6, 6.07) is 1.46. The molecule has 0 spiro atoms. The molecule has 86 valence electrons. The number of nitrogens with one attached hydrogen (secondary N) is 1. The third-order valence-electron chi connectivity index (χ3n) is 4.15. The van der Waals surface area contributed by atoms with E-state index in [1.54, 1.807) is 0 Å². The average Bonchev–Trinajstić information content (AvgIpc) is 2.75. The van der Waals surface area contributed by atoms with Crippen LogP contribution in [-0.4, -0.2) is 35.6 Å². The number of piperazine rings is 1. The lowest BCUT2D eigenvalue weighted by molar-refractivity contribution is 0.0579. The molecule has 0 aromatic carbocycles. The molecule has 1 fully saturated rings. The van der Waals surface area contributed by atoms with Gasteiger partial charge in [-0.05, 0) is 33.1 Å². The fourth-order valence-corrected chi connectivity index (χ4v) is 2.73. The predicted molar refractivity (Wildman–Crippen MR) is 65.0 cm³/mol. The standard InChI is InChI=1S/C13H24N2/c1-4-13(3)10-15(11(2)9-14-13)12-7-5-6-8-12/h5-6,11-12,14H,4,7-10H2,1-3H3. The van der Waals surface area contributed by atoms with Gasteiger partial charge in [0.2, 0.25) is 0 Å². The molecule has 2 nitrogen and oxygen atoms in total. The second-order valence-electron chi connectivity index (χ2n) is 5.41. The molecule has 2 unspecified atom stereocenters. The Kier molecular flexibility index (Phi) is 3.17. The Labute approximate surface area is 93.7 Å². The number of rotatable bonds is 2. The second-order valence-corrected chi connectivity index (χ2v) is 5.41. The molecule has 1 aliphatic heterocycles. The first-order chi connectivity index (χ1) is 7.14. The number of hydrogen-bond donors (Lipinski definition) is 1. The summed E-state index contributed by atoms with van der Waals surface area (Å²) in [5.41, 5.74) is 0.328. The van der Waals surface area contributed by atoms with Crippen molar-refractivity contribution in [3.63, 3.8) is 0 Å². The van der Waals surface area contributed by atoms with E-state index in [4.69, 9.17) is 0 Å². The fraction of sp³-hybridized carbons (Fsp3) is 0.846. The molecule has 0 radical (unpaired) electrons. The summed E-state index contributed by atoms with van der Waals surface area (Å²) in [4.78, 5) is 2.71. The van der Waals surface area contributed by atoms with Crippen LogP contribution in [0.5, 0.6) is 0 Å².